The van der Waals surface area contributed by atoms with Gasteiger partial charge in [-0.05, 0) is 62.7 Å². The fraction of sp³-hybridized carbons (Fsp3) is 0.875. The average Bonchev–Trinajstić information content (AvgIpc) is 3.38. The number of amides is 2. The zero-order valence-corrected chi connectivity index (χ0v) is 12.8. The summed E-state index contributed by atoms with van der Waals surface area (Å²) in [5, 5.41) is 12.6. The van der Waals surface area contributed by atoms with E-state index in [4.69, 9.17) is 0 Å². The van der Waals surface area contributed by atoms with Crippen molar-refractivity contribution >= 4 is 12.0 Å². The van der Waals surface area contributed by atoms with E-state index < -0.39 is 11.5 Å². The van der Waals surface area contributed by atoms with E-state index >= 15 is 0 Å². The number of hydrogen-bond donors (Lipinski definition) is 2. The molecule has 118 valence electrons. The van der Waals surface area contributed by atoms with Crippen LogP contribution in [0.5, 0.6) is 0 Å². The van der Waals surface area contributed by atoms with E-state index in [1.54, 1.807) is 4.90 Å². The zero-order chi connectivity index (χ0) is 15.0. The molecule has 1 unspecified atom stereocenters. The highest BCUT2D eigenvalue weighted by molar-refractivity contribution is 5.87. The number of carbonyl (C=O) groups is 2. The molecule has 1 aliphatic heterocycles. The second-order valence-electron chi connectivity index (χ2n) is 6.97. The molecule has 2 N–H and O–H groups in total. The van der Waals surface area contributed by atoms with Crippen LogP contribution >= 0.6 is 0 Å². The maximum Gasteiger partial charge on any atom is 0.329 e. The van der Waals surface area contributed by atoms with E-state index in [0.29, 0.717) is 25.3 Å². The highest BCUT2D eigenvalue weighted by Gasteiger charge is 2.49. The molecule has 0 spiro atoms. The van der Waals surface area contributed by atoms with Crippen LogP contribution in [0.2, 0.25) is 0 Å². The van der Waals surface area contributed by atoms with Crippen molar-refractivity contribution in [2.75, 3.05) is 13.1 Å². The van der Waals surface area contributed by atoms with Gasteiger partial charge in [-0.15, -0.1) is 0 Å². The van der Waals surface area contributed by atoms with Crippen molar-refractivity contribution in [2.24, 2.45) is 17.8 Å². The Labute approximate surface area is 126 Å². The molecule has 1 atom stereocenters. The van der Waals surface area contributed by atoms with Gasteiger partial charge in [0, 0.05) is 13.1 Å². The topological polar surface area (TPSA) is 69.6 Å². The highest BCUT2D eigenvalue weighted by atomic mass is 16.4. The van der Waals surface area contributed by atoms with Crippen LogP contribution < -0.4 is 5.32 Å². The summed E-state index contributed by atoms with van der Waals surface area (Å²) >= 11 is 0. The van der Waals surface area contributed by atoms with Crippen LogP contribution in [0.15, 0.2) is 0 Å². The third-order valence-electron chi connectivity index (χ3n) is 5.66. The summed E-state index contributed by atoms with van der Waals surface area (Å²) in [6.07, 6.45) is 7.03. The van der Waals surface area contributed by atoms with E-state index in [1.807, 2.05) is 6.92 Å². The molecule has 0 radical (unpaired) electrons. The third-order valence-corrected chi connectivity index (χ3v) is 5.66. The predicted octanol–water partition coefficient (Wildman–Crippen LogP) is 2.46. The smallest absolute Gasteiger partial charge is 0.329 e. The van der Waals surface area contributed by atoms with Gasteiger partial charge in [-0.25, -0.2) is 9.59 Å². The molecule has 3 fully saturated rings. The Hall–Kier alpha value is -1.26. The number of hydrogen-bond acceptors (Lipinski definition) is 2. The van der Waals surface area contributed by atoms with Crippen molar-refractivity contribution in [3.05, 3.63) is 0 Å². The van der Waals surface area contributed by atoms with Crippen molar-refractivity contribution in [2.45, 2.75) is 57.4 Å². The summed E-state index contributed by atoms with van der Waals surface area (Å²) in [5.41, 5.74) is -0.987. The number of urea groups is 1. The van der Waals surface area contributed by atoms with E-state index in [-0.39, 0.29) is 6.03 Å². The second kappa shape index (κ2) is 5.50. The first kappa shape index (κ1) is 14.7. The van der Waals surface area contributed by atoms with Gasteiger partial charge in [-0.2, -0.15) is 0 Å². The third kappa shape index (κ3) is 2.74. The molecule has 5 heteroatoms. The number of nitrogens with zero attached hydrogens (tertiary/aromatic N) is 1. The van der Waals surface area contributed by atoms with Crippen LogP contribution in [0.25, 0.3) is 0 Å². The molecule has 3 rings (SSSR count). The lowest BCUT2D eigenvalue weighted by atomic mass is 9.93. The van der Waals surface area contributed by atoms with E-state index in [2.05, 4.69) is 5.32 Å². The lowest BCUT2D eigenvalue weighted by Gasteiger charge is -2.34. The molecule has 21 heavy (non-hydrogen) atoms. The number of carbonyl (C=O) groups excluding carboxylic acids is 1. The SMILES string of the molecule is CCC1(C(=O)O)CCCN1C(=O)NCC(C1CC1)C1CC1. The summed E-state index contributed by atoms with van der Waals surface area (Å²) < 4.78 is 0. The van der Waals surface area contributed by atoms with Crippen LogP contribution in [0.3, 0.4) is 0 Å². The summed E-state index contributed by atoms with van der Waals surface area (Å²) in [6, 6.07) is -0.178. The second-order valence-corrected chi connectivity index (χ2v) is 6.97. The Bertz CT molecular complexity index is 419. The largest absolute Gasteiger partial charge is 0.479 e. The number of likely N-dealkylation sites (tertiary alicyclic amines) is 1. The minimum atomic E-state index is -0.987. The predicted molar refractivity (Wildman–Crippen MR) is 78.9 cm³/mol. The van der Waals surface area contributed by atoms with Crippen LogP contribution in [0, 0.1) is 17.8 Å². The molecule has 1 heterocycles. The average molecular weight is 294 g/mol. The lowest BCUT2D eigenvalue weighted by Crippen LogP contribution is -2.56. The molecule has 3 aliphatic rings. The molecule has 2 aliphatic carbocycles. The van der Waals surface area contributed by atoms with E-state index in [9.17, 15) is 14.7 Å². The Morgan fingerprint density at radius 3 is 2.38 bits per heavy atom. The lowest BCUT2D eigenvalue weighted by molar-refractivity contribution is -0.148. The monoisotopic (exact) mass is 294 g/mol. The number of carboxylic acids is 1. The Morgan fingerprint density at radius 1 is 1.29 bits per heavy atom. The number of carboxylic acid groups (broad SMARTS) is 1. The number of aliphatic carboxylic acids is 1. The van der Waals surface area contributed by atoms with Gasteiger partial charge in [0.15, 0.2) is 0 Å². The van der Waals surface area contributed by atoms with Gasteiger partial charge in [-0.1, -0.05) is 6.92 Å². The molecule has 0 aromatic rings. The molecule has 0 bridgehead atoms. The Morgan fingerprint density at radius 2 is 1.90 bits per heavy atom. The van der Waals surface area contributed by atoms with Gasteiger partial charge >= 0.3 is 12.0 Å². The fourth-order valence-corrected chi connectivity index (χ4v) is 3.98. The molecule has 2 saturated carbocycles. The number of rotatable bonds is 6. The fourth-order valence-electron chi connectivity index (χ4n) is 3.98. The van der Waals surface area contributed by atoms with Crippen LogP contribution in [0.4, 0.5) is 4.79 Å². The van der Waals surface area contributed by atoms with Crippen molar-refractivity contribution in [3.63, 3.8) is 0 Å². The zero-order valence-electron chi connectivity index (χ0n) is 12.8. The van der Waals surface area contributed by atoms with E-state index in [0.717, 1.165) is 24.8 Å². The molecule has 2 amide bonds. The summed E-state index contributed by atoms with van der Waals surface area (Å²) in [4.78, 5) is 25.7. The molecular weight excluding hydrogens is 268 g/mol. The molecule has 1 saturated heterocycles. The first-order valence-electron chi connectivity index (χ1n) is 8.37. The molecule has 5 nitrogen and oxygen atoms in total. The Balaban J connectivity index is 1.60. The first-order valence-corrected chi connectivity index (χ1v) is 8.37. The van der Waals surface area contributed by atoms with Gasteiger partial charge in [0.05, 0.1) is 0 Å². The van der Waals surface area contributed by atoms with Crippen LogP contribution in [-0.2, 0) is 4.79 Å². The minimum absolute atomic E-state index is 0.178. The summed E-state index contributed by atoms with van der Waals surface area (Å²) in [6.45, 7) is 3.14. The number of nitrogens with one attached hydrogen (secondary N) is 1. The van der Waals surface area contributed by atoms with Crippen LogP contribution in [-0.4, -0.2) is 40.6 Å². The van der Waals surface area contributed by atoms with Crippen molar-refractivity contribution in [1.29, 1.82) is 0 Å². The normalized spacial score (nSPS) is 29.0. The maximum atomic E-state index is 12.5. The van der Waals surface area contributed by atoms with Gasteiger partial charge in [0.1, 0.15) is 5.54 Å². The standard InChI is InChI=1S/C16H26N2O3/c1-2-16(14(19)20)8-3-9-18(16)15(21)17-10-13(11-4-5-11)12-6-7-12/h11-13H,2-10H2,1H3,(H,17,21)(H,19,20). The quantitative estimate of drug-likeness (QED) is 0.790. The van der Waals surface area contributed by atoms with Crippen LogP contribution in [0.1, 0.15) is 51.9 Å². The molecular formula is C16H26N2O3. The summed E-state index contributed by atoms with van der Waals surface area (Å²) in [5.74, 6) is 1.36. The minimum Gasteiger partial charge on any atom is -0.479 e. The van der Waals surface area contributed by atoms with Crippen molar-refractivity contribution < 1.29 is 14.7 Å². The van der Waals surface area contributed by atoms with Gasteiger partial charge in [0.25, 0.3) is 0 Å². The van der Waals surface area contributed by atoms with E-state index in [1.165, 1.54) is 25.7 Å². The van der Waals surface area contributed by atoms with Gasteiger partial charge < -0.3 is 15.3 Å². The van der Waals surface area contributed by atoms with Gasteiger partial charge in [0.2, 0.25) is 0 Å². The van der Waals surface area contributed by atoms with Gasteiger partial charge in [-0.3, -0.25) is 0 Å². The van der Waals surface area contributed by atoms with Crippen molar-refractivity contribution in [3.8, 4) is 0 Å². The summed E-state index contributed by atoms with van der Waals surface area (Å²) in [7, 11) is 0. The first-order chi connectivity index (χ1) is 10.1. The van der Waals surface area contributed by atoms with Crippen molar-refractivity contribution in [1.82, 2.24) is 10.2 Å². The maximum absolute atomic E-state index is 12.5. The Kier molecular flexibility index (Phi) is 3.84. The highest BCUT2D eigenvalue weighted by Crippen LogP contribution is 2.48. The molecule has 0 aromatic heterocycles. The molecule has 0 aromatic carbocycles.